The van der Waals surface area contributed by atoms with Crippen molar-refractivity contribution >= 4 is 40.2 Å². The van der Waals surface area contributed by atoms with Crippen LogP contribution in [0.15, 0.2) is 71.7 Å². The Morgan fingerprint density at radius 3 is 2.60 bits per heavy atom. The van der Waals surface area contributed by atoms with Gasteiger partial charge in [0.15, 0.2) is 11.5 Å². The first kappa shape index (κ1) is 23.1. The SMILES string of the molecule is Cc1ccc(NC(=O)C2CCN(c3nc4cccnc4n(Cc4ccccc4)c3=O)CC2)cc1Cl. The van der Waals surface area contributed by atoms with Crippen molar-refractivity contribution in [2.24, 2.45) is 5.92 Å². The lowest BCUT2D eigenvalue weighted by Crippen LogP contribution is -2.42. The van der Waals surface area contributed by atoms with E-state index in [4.69, 9.17) is 11.6 Å². The molecule has 1 fully saturated rings. The van der Waals surface area contributed by atoms with Crippen molar-refractivity contribution in [1.29, 1.82) is 0 Å². The van der Waals surface area contributed by atoms with Crippen LogP contribution >= 0.6 is 11.6 Å². The van der Waals surface area contributed by atoms with Gasteiger partial charge in [0.05, 0.1) is 6.54 Å². The highest BCUT2D eigenvalue weighted by Gasteiger charge is 2.28. The lowest BCUT2D eigenvalue weighted by Gasteiger charge is -2.32. The maximum absolute atomic E-state index is 13.5. The van der Waals surface area contributed by atoms with Crippen molar-refractivity contribution in [1.82, 2.24) is 14.5 Å². The predicted octanol–water partition coefficient (Wildman–Crippen LogP) is 4.66. The molecule has 2 aromatic heterocycles. The fraction of sp³-hybridized carbons (Fsp3) is 0.259. The summed E-state index contributed by atoms with van der Waals surface area (Å²) in [4.78, 5) is 37.5. The molecule has 3 heterocycles. The number of benzene rings is 2. The van der Waals surface area contributed by atoms with Crippen LogP contribution in [-0.4, -0.2) is 33.5 Å². The number of fused-ring (bicyclic) bond motifs is 1. The van der Waals surface area contributed by atoms with Crippen LogP contribution in [0.5, 0.6) is 0 Å². The molecule has 178 valence electrons. The molecule has 0 radical (unpaired) electrons. The van der Waals surface area contributed by atoms with E-state index in [0.29, 0.717) is 60.2 Å². The van der Waals surface area contributed by atoms with E-state index in [1.165, 1.54) is 0 Å². The molecule has 4 aromatic rings. The number of rotatable bonds is 5. The maximum Gasteiger partial charge on any atom is 0.295 e. The number of piperidine rings is 1. The molecule has 1 N–H and O–H groups in total. The lowest BCUT2D eigenvalue weighted by atomic mass is 9.95. The Morgan fingerprint density at radius 1 is 1.09 bits per heavy atom. The summed E-state index contributed by atoms with van der Waals surface area (Å²) in [5, 5.41) is 3.60. The summed E-state index contributed by atoms with van der Waals surface area (Å²) >= 11 is 6.19. The first-order valence-corrected chi connectivity index (χ1v) is 12.1. The maximum atomic E-state index is 13.5. The molecule has 7 nitrogen and oxygen atoms in total. The Labute approximate surface area is 208 Å². The molecule has 0 atom stereocenters. The molecule has 1 saturated heterocycles. The number of pyridine rings is 1. The van der Waals surface area contributed by atoms with Crippen LogP contribution in [-0.2, 0) is 11.3 Å². The van der Waals surface area contributed by atoms with E-state index >= 15 is 0 Å². The fourth-order valence-electron chi connectivity index (χ4n) is 4.45. The molecule has 1 amide bonds. The Balaban J connectivity index is 1.35. The average Bonchev–Trinajstić information content (AvgIpc) is 2.88. The number of amides is 1. The second-order valence-corrected chi connectivity index (χ2v) is 9.28. The van der Waals surface area contributed by atoms with Gasteiger partial charge >= 0.3 is 0 Å². The minimum absolute atomic E-state index is 0.0262. The zero-order chi connectivity index (χ0) is 24.4. The number of carbonyl (C=O) groups excluding carboxylic acids is 1. The molecule has 1 aliphatic rings. The van der Waals surface area contributed by atoms with Crippen LogP contribution in [0.3, 0.4) is 0 Å². The van der Waals surface area contributed by atoms with Gasteiger partial charge in [-0.05, 0) is 55.2 Å². The molecule has 35 heavy (non-hydrogen) atoms. The monoisotopic (exact) mass is 487 g/mol. The van der Waals surface area contributed by atoms with E-state index in [2.05, 4.69) is 15.3 Å². The number of anilines is 2. The molecular formula is C27H26ClN5O2. The topological polar surface area (TPSA) is 80.1 Å². The molecule has 5 rings (SSSR count). The zero-order valence-electron chi connectivity index (χ0n) is 19.4. The predicted molar refractivity (Wildman–Crippen MR) is 139 cm³/mol. The van der Waals surface area contributed by atoms with E-state index in [1.807, 2.05) is 66.4 Å². The normalized spacial score (nSPS) is 14.3. The average molecular weight is 488 g/mol. The van der Waals surface area contributed by atoms with Crippen molar-refractivity contribution in [2.75, 3.05) is 23.3 Å². The van der Waals surface area contributed by atoms with Gasteiger partial charge in [-0.3, -0.25) is 14.2 Å². The summed E-state index contributed by atoms with van der Waals surface area (Å²) in [6, 6.07) is 19.1. The van der Waals surface area contributed by atoms with Crippen molar-refractivity contribution in [2.45, 2.75) is 26.3 Å². The second-order valence-electron chi connectivity index (χ2n) is 8.87. The summed E-state index contributed by atoms with van der Waals surface area (Å²) in [5.41, 5.74) is 3.75. The smallest absolute Gasteiger partial charge is 0.295 e. The highest BCUT2D eigenvalue weighted by molar-refractivity contribution is 6.31. The number of halogens is 1. The Hall–Kier alpha value is -3.71. The molecule has 2 aromatic carbocycles. The van der Waals surface area contributed by atoms with Crippen molar-refractivity contribution in [3.63, 3.8) is 0 Å². The molecule has 0 bridgehead atoms. The highest BCUT2D eigenvalue weighted by Crippen LogP contribution is 2.25. The van der Waals surface area contributed by atoms with Crippen molar-refractivity contribution in [3.05, 3.63) is 93.4 Å². The Bertz CT molecular complexity index is 1430. The van der Waals surface area contributed by atoms with Crippen molar-refractivity contribution < 1.29 is 4.79 Å². The van der Waals surface area contributed by atoms with Gasteiger partial charge in [0.1, 0.15) is 5.52 Å². The van der Waals surface area contributed by atoms with Gasteiger partial charge < -0.3 is 10.2 Å². The number of aromatic nitrogens is 3. The standard InChI is InChI=1S/C27H26ClN5O2/c1-18-9-10-21(16-22(18)28)30-26(34)20-11-14-32(15-12-20)25-27(35)33(17-19-6-3-2-4-7-19)24-23(31-25)8-5-13-29-24/h2-10,13,16,20H,11-12,14-15,17H2,1H3,(H,30,34). The molecule has 0 aliphatic carbocycles. The third-order valence-corrected chi connectivity index (χ3v) is 6.88. The first-order valence-electron chi connectivity index (χ1n) is 11.7. The zero-order valence-corrected chi connectivity index (χ0v) is 20.2. The minimum Gasteiger partial charge on any atom is -0.352 e. The molecule has 1 aliphatic heterocycles. The summed E-state index contributed by atoms with van der Waals surface area (Å²) < 4.78 is 1.69. The third kappa shape index (κ3) is 4.91. The quantitative estimate of drug-likeness (QED) is 0.443. The van der Waals surface area contributed by atoms with Crippen LogP contribution in [0.2, 0.25) is 5.02 Å². The molecular weight excluding hydrogens is 462 g/mol. The molecule has 0 spiro atoms. The van der Waals surface area contributed by atoms with E-state index in [-0.39, 0.29) is 17.4 Å². The summed E-state index contributed by atoms with van der Waals surface area (Å²) in [6.07, 6.45) is 2.95. The number of hydrogen-bond acceptors (Lipinski definition) is 5. The van der Waals surface area contributed by atoms with Gasteiger partial charge in [-0.25, -0.2) is 9.97 Å². The third-order valence-electron chi connectivity index (χ3n) is 6.47. The van der Waals surface area contributed by atoms with Gasteiger partial charge in [0, 0.05) is 35.9 Å². The van der Waals surface area contributed by atoms with Crippen LogP contribution in [0.4, 0.5) is 11.5 Å². The number of nitrogens with one attached hydrogen (secondary N) is 1. The largest absolute Gasteiger partial charge is 0.352 e. The van der Waals surface area contributed by atoms with Crippen LogP contribution < -0.4 is 15.8 Å². The number of nitrogens with zero attached hydrogens (tertiary/aromatic N) is 4. The van der Waals surface area contributed by atoms with Crippen LogP contribution in [0.25, 0.3) is 11.2 Å². The lowest BCUT2D eigenvalue weighted by molar-refractivity contribution is -0.120. The molecule has 0 unspecified atom stereocenters. The number of hydrogen-bond donors (Lipinski definition) is 1. The van der Waals surface area contributed by atoms with Gasteiger partial charge in [0.25, 0.3) is 5.56 Å². The Kier molecular flexibility index (Phi) is 6.51. The van der Waals surface area contributed by atoms with E-state index in [0.717, 1.165) is 11.1 Å². The first-order chi connectivity index (χ1) is 17.0. The van der Waals surface area contributed by atoms with Crippen LogP contribution in [0, 0.1) is 12.8 Å². The summed E-state index contributed by atoms with van der Waals surface area (Å²) in [6.45, 7) is 3.49. The van der Waals surface area contributed by atoms with E-state index < -0.39 is 0 Å². The van der Waals surface area contributed by atoms with Gasteiger partial charge in [-0.2, -0.15) is 0 Å². The second kappa shape index (κ2) is 9.88. The van der Waals surface area contributed by atoms with E-state index in [9.17, 15) is 9.59 Å². The number of carbonyl (C=O) groups is 1. The fourth-order valence-corrected chi connectivity index (χ4v) is 4.63. The van der Waals surface area contributed by atoms with E-state index in [1.54, 1.807) is 16.8 Å². The molecule has 8 heteroatoms. The van der Waals surface area contributed by atoms with Crippen molar-refractivity contribution in [3.8, 4) is 0 Å². The van der Waals surface area contributed by atoms with Gasteiger partial charge in [-0.15, -0.1) is 0 Å². The summed E-state index contributed by atoms with van der Waals surface area (Å²) in [7, 11) is 0. The Morgan fingerprint density at radius 2 is 1.86 bits per heavy atom. The van der Waals surface area contributed by atoms with Gasteiger partial charge in [-0.1, -0.05) is 48.0 Å². The number of aryl methyl sites for hydroxylation is 1. The highest BCUT2D eigenvalue weighted by atomic mass is 35.5. The molecule has 0 saturated carbocycles. The van der Waals surface area contributed by atoms with Gasteiger partial charge in [0.2, 0.25) is 5.91 Å². The summed E-state index contributed by atoms with van der Waals surface area (Å²) in [5.74, 6) is 0.243. The van der Waals surface area contributed by atoms with Crippen LogP contribution in [0.1, 0.15) is 24.0 Å². The minimum atomic E-state index is -0.169.